The Labute approximate surface area is 236 Å². The summed E-state index contributed by atoms with van der Waals surface area (Å²) in [6.07, 6.45) is 0.742. The molecule has 3 aromatic rings. The summed E-state index contributed by atoms with van der Waals surface area (Å²) in [4.78, 5) is 28.4. The molecular formula is C30H36ClN3O4S. The molecule has 0 heterocycles. The molecule has 0 spiro atoms. The lowest BCUT2D eigenvalue weighted by molar-refractivity contribution is -0.139. The van der Waals surface area contributed by atoms with E-state index in [9.17, 15) is 18.0 Å². The number of halogens is 1. The topological polar surface area (TPSA) is 86.8 Å². The molecule has 0 aliphatic rings. The first-order chi connectivity index (χ1) is 18.4. The lowest BCUT2D eigenvalue weighted by atomic mass is 10.1. The fourth-order valence-electron chi connectivity index (χ4n) is 4.22. The molecule has 0 saturated carbocycles. The van der Waals surface area contributed by atoms with Gasteiger partial charge in [0.2, 0.25) is 11.8 Å². The van der Waals surface area contributed by atoms with Gasteiger partial charge in [-0.05, 0) is 69.5 Å². The molecule has 1 atom stereocenters. The molecule has 1 N–H and O–H groups in total. The lowest BCUT2D eigenvalue weighted by Crippen LogP contribution is -2.51. The van der Waals surface area contributed by atoms with E-state index in [1.165, 1.54) is 17.0 Å². The maximum Gasteiger partial charge on any atom is 0.264 e. The van der Waals surface area contributed by atoms with Crippen molar-refractivity contribution in [3.8, 4) is 0 Å². The molecule has 0 aliphatic heterocycles. The van der Waals surface area contributed by atoms with Crippen LogP contribution >= 0.6 is 11.6 Å². The Morgan fingerprint density at radius 3 is 2.21 bits per heavy atom. The highest BCUT2D eigenvalue weighted by Crippen LogP contribution is 2.29. The number of rotatable bonds is 11. The standard InChI is InChI=1S/C30H36ClN3O4S/c1-6-17-32-30(36)24(5)33(19-25-9-7-8-10-27(25)31)29(35)20-34(28-16-13-22(3)18-23(28)4)39(37,38)26-14-11-21(2)12-15-26/h7-16,18,24H,6,17,19-20H2,1-5H3,(H,32,36). The van der Waals surface area contributed by atoms with E-state index >= 15 is 0 Å². The number of nitrogens with zero attached hydrogens (tertiary/aromatic N) is 2. The maximum absolute atomic E-state index is 14.0. The average molecular weight is 570 g/mol. The normalized spacial score (nSPS) is 12.1. The number of carbonyl (C=O) groups is 2. The number of nitrogens with one attached hydrogen (secondary N) is 1. The summed E-state index contributed by atoms with van der Waals surface area (Å²) in [6.45, 7) is 9.20. The number of aryl methyl sites for hydroxylation is 3. The van der Waals surface area contributed by atoms with Crippen molar-refractivity contribution < 1.29 is 18.0 Å². The monoisotopic (exact) mass is 569 g/mol. The number of hydrogen-bond acceptors (Lipinski definition) is 4. The zero-order valence-corrected chi connectivity index (χ0v) is 24.6. The van der Waals surface area contributed by atoms with Crippen LogP contribution in [-0.4, -0.2) is 44.3 Å². The Balaban J connectivity index is 2.06. The molecule has 0 aromatic heterocycles. The first-order valence-electron chi connectivity index (χ1n) is 12.9. The number of amides is 2. The SMILES string of the molecule is CCCNC(=O)C(C)N(Cc1ccccc1Cl)C(=O)CN(c1ccc(C)cc1C)S(=O)(=O)c1ccc(C)cc1. The largest absolute Gasteiger partial charge is 0.354 e. The van der Waals surface area contributed by atoms with Crippen molar-refractivity contribution in [2.24, 2.45) is 0 Å². The molecule has 1 unspecified atom stereocenters. The minimum Gasteiger partial charge on any atom is -0.354 e. The van der Waals surface area contributed by atoms with Crippen molar-refractivity contribution in [3.63, 3.8) is 0 Å². The summed E-state index contributed by atoms with van der Waals surface area (Å²) >= 11 is 6.40. The Morgan fingerprint density at radius 2 is 1.59 bits per heavy atom. The van der Waals surface area contributed by atoms with E-state index in [4.69, 9.17) is 11.6 Å². The van der Waals surface area contributed by atoms with Gasteiger partial charge in [-0.3, -0.25) is 13.9 Å². The van der Waals surface area contributed by atoms with Crippen LogP contribution < -0.4 is 9.62 Å². The van der Waals surface area contributed by atoms with Crippen LogP contribution in [0.5, 0.6) is 0 Å². The second-order valence-electron chi connectivity index (χ2n) is 9.69. The van der Waals surface area contributed by atoms with Gasteiger partial charge in [0.25, 0.3) is 10.0 Å². The zero-order chi connectivity index (χ0) is 28.7. The van der Waals surface area contributed by atoms with E-state index in [2.05, 4.69) is 5.32 Å². The highest BCUT2D eigenvalue weighted by molar-refractivity contribution is 7.92. The molecule has 9 heteroatoms. The van der Waals surface area contributed by atoms with Gasteiger partial charge in [0.15, 0.2) is 0 Å². The predicted octanol–water partition coefficient (Wildman–Crippen LogP) is 5.40. The van der Waals surface area contributed by atoms with E-state index in [-0.39, 0.29) is 17.3 Å². The van der Waals surface area contributed by atoms with E-state index in [1.54, 1.807) is 49.4 Å². The summed E-state index contributed by atoms with van der Waals surface area (Å²) in [5.74, 6) is -0.846. The first-order valence-corrected chi connectivity index (χ1v) is 14.7. The van der Waals surface area contributed by atoms with Gasteiger partial charge >= 0.3 is 0 Å². The number of sulfonamides is 1. The molecule has 7 nitrogen and oxygen atoms in total. The van der Waals surface area contributed by atoms with Crippen LogP contribution in [0, 0.1) is 20.8 Å². The Morgan fingerprint density at radius 1 is 0.949 bits per heavy atom. The average Bonchev–Trinajstić information content (AvgIpc) is 2.90. The van der Waals surface area contributed by atoms with Gasteiger partial charge < -0.3 is 10.2 Å². The minimum atomic E-state index is -4.12. The summed E-state index contributed by atoms with van der Waals surface area (Å²) in [7, 11) is -4.12. The molecule has 0 radical (unpaired) electrons. The second kappa shape index (κ2) is 13.1. The smallest absolute Gasteiger partial charge is 0.264 e. The maximum atomic E-state index is 14.0. The van der Waals surface area contributed by atoms with Crippen molar-refractivity contribution in [3.05, 3.63) is 94.0 Å². The van der Waals surface area contributed by atoms with Crippen LogP contribution in [0.15, 0.2) is 71.6 Å². The third-order valence-corrected chi connectivity index (χ3v) is 8.67. The van der Waals surface area contributed by atoms with Gasteiger partial charge in [0.05, 0.1) is 10.6 Å². The third-order valence-electron chi connectivity index (χ3n) is 6.52. The zero-order valence-electron chi connectivity index (χ0n) is 23.1. The summed E-state index contributed by atoms with van der Waals surface area (Å²) < 4.78 is 29.0. The first kappa shape index (κ1) is 30.2. The highest BCUT2D eigenvalue weighted by Gasteiger charge is 2.33. The molecular weight excluding hydrogens is 534 g/mol. The predicted molar refractivity (Wildman–Crippen MR) is 156 cm³/mol. The van der Waals surface area contributed by atoms with Gasteiger partial charge in [0, 0.05) is 18.1 Å². The molecule has 0 saturated heterocycles. The highest BCUT2D eigenvalue weighted by atomic mass is 35.5. The Hall–Kier alpha value is -3.36. The fourth-order valence-corrected chi connectivity index (χ4v) is 5.90. The summed E-state index contributed by atoms with van der Waals surface area (Å²) in [6, 6.07) is 18.1. The fraction of sp³-hybridized carbons (Fsp3) is 0.333. The van der Waals surface area contributed by atoms with Crippen LogP contribution in [0.25, 0.3) is 0 Å². The third kappa shape index (κ3) is 7.40. The molecule has 39 heavy (non-hydrogen) atoms. The van der Waals surface area contributed by atoms with E-state index in [0.717, 1.165) is 21.9 Å². The van der Waals surface area contributed by atoms with E-state index in [0.29, 0.717) is 28.4 Å². The van der Waals surface area contributed by atoms with Crippen molar-refractivity contribution in [1.82, 2.24) is 10.2 Å². The molecule has 0 aliphatic carbocycles. The summed E-state index contributed by atoms with van der Waals surface area (Å²) in [5.41, 5.74) is 3.65. The van der Waals surface area contributed by atoms with E-state index < -0.39 is 28.5 Å². The molecule has 0 bridgehead atoms. The van der Waals surface area contributed by atoms with Crippen molar-refractivity contribution in [1.29, 1.82) is 0 Å². The molecule has 0 fully saturated rings. The lowest BCUT2D eigenvalue weighted by Gasteiger charge is -2.32. The van der Waals surface area contributed by atoms with Crippen molar-refractivity contribution >= 4 is 39.1 Å². The van der Waals surface area contributed by atoms with Gasteiger partial charge in [-0.15, -0.1) is 0 Å². The van der Waals surface area contributed by atoms with Crippen LogP contribution in [0.2, 0.25) is 5.02 Å². The van der Waals surface area contributed by atoms with Gasteiger partial charge in [-0.25, -0.2) is 8.42 Å². The molecule has 3 rings (SSSR count). The Kier molecular flexibility index (Phi) is 10.2. The Bertz CT molecular complexity index is 1420. The van der Waals surface area contributed by atoms with Gasteiger partial charge in [-0.1, -0.05) is 72.1 Å². The van der Waals surface area contributed by atoms with Crippen LogP contribution in [-0.2, 0) is 26.2 Å². The quantitative estimate of drug-likeness (QED) is 0.335. The number of anilines is 1. The van der Waals surface area contributed by atoms with Crippen LogP contribution in [0.1, 0.15) is 42.5 Å². The van der Waals surface area contributed by atoms with Gasteiger partial charge in [-0.2, -0.15) is 0 Å². The molecule has 2 amide bonds. The number of carbonyl (C=O) groups excluding carboxylic acids is 2. The number of benzene rings is 3. The van der Waals surface area contributed by atoms with Crippen LogP contribution in [0.4, 0.5) is 5.69 Å². The molecule has 3 aromatic carbocycles. The second-order valence-corrected chi connectivity index (χ2v) is 12.0. The van der Waals surface area contributed by atoms with Gasteiger partial charge in [0.1, 0.15) is 12.6 Å². The minimum absolute atomic E-state index is 0.0461. The molecule has 208 valence electrons. The van der Waals surface area contributed by atoms with E-state index in [1.807, 2.05) is 39.8 Å². The van der Waals surface area contributed by atoms with Crippen molar-refractivity contribution in [2.45, 2.75) is 58.5 Å². The van der Waals surface area contributed by atoms with Crippen LogP contribution in [0.3, 0.4) is 0 Å². The number of hydrogen-bond donors (Lipinski definition) is 1. The van der Waals surface area contributed by atoms with Crippen molar-refractivity contribution in [2.75, 3.05) is 17.4 Å². The summed E-state index contributed by atoms with van der Waals surface area (Å²) in [5, 5.41) is 3.29.